The summed E-state index contributed by atoms with van der Waals surface area (Å²) in [6, 6.07) is 9.00. The number of benzene rings is 1. The quantitative estimate of drug-likeness (QED) is 0.807. The van der Waals surface area contributed by atoms with E-state index in [9.17, 15) is 0 Å². The first-order valence-corrected chi connectivity index (χ1v) is 6.94. The van der Waals surface area contributed by atoms with E-state index in [1.165, 1.54) is 0 Å². The second-order valence-corrected chi connectivity index (χ2v) is 5.48. The Morgan fingerprint density at radius 1 is 1.33 bits per heavy atom. The van der Waals surface area contributed by atoms with Crippen molar-refractivity contribution >= 4 is 49.1 Å². The van der Waals surface area contributed by atoms with Gasteiger partial charge in [-0.3, -0.25) is 0 Å². The van der Waals surface area contributed by atoms with Crippen LogP contribution in [0.15, 0.2) is 37.8 Å². The summed E-state index contributed by atoms with van der Waals surface area (Å²) in [5, 5.41) is 12.5. The van der Waals surface area contributed by atoms with Gasteiger partial charge in [0.2, 0.25) is 0 Å². The van der Waals surface area contributed by atoms with Crippen LogP contribution in [0, 0.1) is 11.3 Å². The van der Waals surface area contributed by atoms with Gasteiger partial charge in [0.25, 0.3) is 0 Å². The van der Waals surface area contributed by atoms with E-state index in [-0.39, 0.29) is 0 Å². The zero-order valence-electron chi connectivity index (χ0n) is 9.01. The van der Waals surface area contributed by atoms with Gasteiger partial charge in [-0.2, -0.15) is 5.26 Å². The first-order chi connectivity index (χ1) is 8.60. The van der Waals surface area contributed by atoms with Crippen molar-refractivity contribution in [2.45, 2.75) is 6.54 Å². The van der Waals surface area contributed by atoms with Crippen molar-refractivity contribution in [3.63, 3.8) is 0 Å². The van der Waals surface area contributed by atoms with E-state index in [1.54, 1.807) is 18.2 Å². The molecule has 0 bridgehead atoms. The smallest absolute Gasteiger partial charge is 0.183 e. The van der Waals surface area contributed by atoms with E-state index < -0.39 is 0 Å². The standard InChI is InChI=1S/C12H7Br2ClN2O/c13-9-4-8(18-12(9)14)6-17-11-3-7(5-16)1-2-10(11)15/h1-4,17H,6H2. The van der Waals surface area contributed by atoms with Gasteiger partial charge in [0, 0.05) is 0 Å². The number of halogens is 3. The third kappa shape index (κ3) is 3.08. The summed E-state index contributed by atoms with van der Waals surface area (Å²) in [6.45, 7) is 0.485. The van der Waals surface area contributed by atoms with Crippen LogP contribution in [0.25, 0.3) is 0 Å². The number of hydrogen-bond donors (Lipinski definition) is 1. The lowest BCUT2D eigenvalue weighted by Gasteiger charge is -2.06. The Morgan fingerprint density at radius 2 is 2.11 bits per heavy atom. The Kier molecular flexibility index (Phi) is 4.33. The minimum Gasteiger partial charge on any atom is -0.451 e. The summed E-state index contributed by atoms with van der Waals surface area (Å²) in [7, 11) is 0. The van der Waals surface area contributed by atoms with Gasteiger partial charge < -0.3 is 9.73 Å². The summed E-state index contributed by atoms with van der Waals surface area (Å²) in [4.78, 5) is 0. The van der Waals surface area contributed by atoms with E-state index >= 15 is 0 Å². The van der Waals surface area contributed by atoms with Crippen LogP contribution in [-0.2, 0) is 6.54 Å². The molecule has 0 aliphatic carbocycles. The summed E-state index contributed by atoms with van der Waals surface area (Å²) in [5.74, 6) is 0.757. The van der Waals surface area contributed by atoms with Crippen molar-refractivity contribution in [3.05, 3.63) is 49.8 Å². The van der Waals surface area contributed by atoms with Crippen LogP contribution in [0.5, 0.6) is 0 Å². The van der Waals surface area contributed by atoms with Crippen LogP contribution in [-0.4, -0.2) is 0 Å². The predicted molar refractivity (Wildman–Crippen MR) is 77.6 cm³/mol. The van der Waals surface area contributed by atoms with Crippen LogP contribution in [0.4, 0.5) is 5.69 Å². The predicted octanol–water partition coefficient (Wildman–Crippen LogP) is 4.94. The Balaban J connectivity index is 2.13. The molecular weight excluding hydrogens is 383 g/mol. The molecule has 0 saturated heterocycles. The van der Waals surface area contributed by atoms with E-state index in [0.717, 1.165) is 10.2 Å². The molecule has 0 aliphatic rings. The molecule has 2 rings (SSSR count). The maximum absolute atomic E-state index is 8.83. The highest BCUT2D eigenvalue weighted by Gasteiger charge is 2.07. The number of anilines is 1. The molecule has 6 heteroatoms. The maximum Gasteiger partial charge on any atom is 0.183 e. The van der Waals surface area contributed by atoms with Crippen molar-refractivity contribution in [2.24, 2.45) is 0 Å². The van der Waals surface area contributed by atoms with E-state index in [0.29, 0.717) is 27.5 Å². The second-order valence-electron chi connectivity index (χ2n) is 3.49. The first kappa shape index (κ1) is 13.5. The van der Waals surface area contributed by atoms with Gasteiger partial charge in [-0.05, 0) is 56.1 Å². The van der Waals surface area contributed by atoms with Gasteiger partial charge >= 0.3 is 0 Å². The first-order valence-electron chi connectivity index (χ1n) is 4.97. The largest absolute Gasteiger partial charge is 0.451 e. The van der Waals surface area contributed by atoms with Gasteiger partial charge in [-0.25, -0.2) is 0 Å². The Labute approximate surface area is 126 Å². The molecule has 3 nitrogen and oxygen atoms in total. The van der Waals surface area contributed by atoms with Crippen molar-refractivity contribution in [3.8, 4) is 6.07 Å². The van der Waals surface area contributed by atoms with Crippen LogP contribution in [0.1, 0.15) is 11.3 Å². The van der Waals surface area contributed by atoms with Gasteiger partial charge in [0.15, 0.2) is 4.67 Å². The van der Waals surface area contributed by atoms with Gasteiger partial charge in [-0.1, -0.05) is 11.6 Å². The fourth-order valence-corrected chi connectivity index (χ4v) is 2.23. The van der Waals surface area contributed by atoms with E-state index in [2.05, 4.69) is 43.2 Å². The Bertz CT molecular complexity index is 600. The summed E-state index contributed by atoms with van der Waals surface area (Å²) >= 11 is 12.6. The number of hydrogen-bond acceptors (Lipinski definition) is 3. The van der Waals surface area contributed by atoms with Crippen LogP contribution in [0.3, 0.4) is 0 Å². The molecule has 1 aromatic heterocycles. The van der Waals surface area contributed by atoms with Crippen LogP contribution >= 0.6 is 43.5 Å². The van der Waals surface area contributed by atoms with Gasteiger partial charge in [0.05, 0.1) is 33.4 Å². The van der Waals surface area contributed by atoms with Gasteiger partial charge in [0.1, 0.15) is 5.76 Å². The monoisotopic (exact) mass is 388 g/mol. The number of furan rings is 1. The molecule has 0 saturated carbocycles. The molecule has 0 radical (unpaired) electrons. The molecule has 92 valence electrons. The van der Waals surface area contributed by atoms with Crippen molar-refractivity contribution in [1.29, 1.82) is 5.26 Å². The number of rotatable bonds is 3. The van der Waals surface area contributed by atoms with Crippen molar-refractivity contribution in [2.75, 3.05) is 5.32 Å². The minimum atomic E-state index is 0.485. The van der Waals surface area contributed by atoms with Crippen molar-refractivity contribution in [1.82, 2.24) is 0 Å². The maximum atomic E-state index is 8.83. The molecule has 1 N–H and O–H groups in total. The fourth-order valence-electron chi connectivity index (χ4n) is 1.39. The zero-order chi connectivity index (χ0) is 13.1. The third-order valence-electron chi connectivity index (χ3n) is 2.24. The summed E-state index contributed by atoms with van der Waals surface area (Å²) < 4.78 is 6.94. The number of nitrogens with one attached hydrogen (secondary N) is 1. The fraction of sp³-hybridized carbons (Fsp3) is 0.0833. The molecule has 0 fully saturated rings. The highest BCUT2D eigenvalue weighted by Crippen LogP contribution is 2.28. The molecule has 0 aliphatic heterocycles. The highest BCUT2D eigenvalue weighted by molar-refractivity contribution is 9.13. The second kappa shape index (κ2) is 5.79. The third-order valence-corrected chi connectivity index (χ3v) is 4.28. The average Bonchev–Trinajstić information content (AvgIpc) is 2.68. The topological polar surface area (TPSA) is 49.0 Å². The molecular formula is C12H7Br2ClN2O. The number of nitrogens with zero attached hydrogens (tertiary/aromatic N) is 1. The average molecular weight is 390 g/mol. The lowest BCUT2D eigenvalue weighted by Crippen LogP contribution is -1.99. The molecule has 18 heavy (non-hydrogen) atoms. The molecule has 1 heterocycles. The summed E-state index contributed by atoms with van der Waals surface area (Å²) in [6.07, 6.45) is 0. The zero-order valence-corrected chi connectivity index (χ0v) is 12.9. The highest BCUT2D eigenvalue weighted by atomic mass is 79.9. The normalized spacial score (nSPS) is 10.1. The summed E-state index contributed by atoms with van der Waals surface area (Å²) in [5.41, 5.74) is 1.27. The van der Waals surface area contributed by atoms with Gasteiger partial charge in [-0.15, -0.1) is 0 Å². The van der Waals surface area contributed by atoms with Crippen molar-refractivity contribution < 1.29 is 4.42 Å². The minimum absolute atomic E-state index is 0.485. The number of nitriles is 1. The molecule has 1 aromatic carbocycles. The lowest BCUT2D eigenvalue weighted by atomic mass is 10.2. The van der Waals surface area contributed by atoms with Crippen LogP contribution in [0.2, 0.25) is 5.02 Å². The lowest BCUT2D eigenvalue weighted by molar-refractivity contribution is 0.494. The van der Waals surface area contributed by atoms with E-state index in [4.69, 9.17) is 21.3 Å². The molecule has 0 atom stereocenters. The van der Waals surface area contributed by atoms with E-state index in [1.807, 2.05) is 6.07 Å². The molecule has 0 spiro atoms. The molecule has 0 unspecified atom stereocenters. The SMILES string of the molecule is N#Cc1ccc(Cl)c(NCc2cc(Br)c(Br)o2)c1. The molecule has 0 amide bonds. The molecule has 2 aromatic rings. The van der Waals surface area contributed by atoms with Crippen LogP contribution < -0.4 is 5.32 Å². The Hall–Kier alpha value is -0.960. The Morgan fingerprint density at radius 3 is 2.72 bits per heavy atom.